The predicted molar refractivity (Wildman–Crippen MR) is 189 cm³/mol. The topological polar surface area (TPSA) is 188 Å². The van der Waals surface area contributed by atoms with Crippen LogP contribution in [0.25, 0.3) is 0 Å². The quantitative estimate of drug-likeness (QED) is 0.162. The van der Waals surface area contributed by atoms with Crippen molar-refractivity contribution in [2.45, 2.75) is 106 Å². The van der Waals surface area contributed by atoms with E-state index in [0.717, 1.165) is 44.6 Å². The average Bonchev–Trinajstić information content (AvgIpc) is 3.70. The molecule has 10 atom stereocenters. The first kappa shape index (κ1) is 37.8. The van der Waals surface area contributed by atoms with Crippen LogP contribution in [0.3, 0.4) is 0 Å². The molecule has 1 aromatic carbocycles. The number of alkyl halides is 3. The number of pyridine rings is 1. The molecule has 2 aromatic heterocycles. The lowest BCUT2D eigenvalue weighted by atomic mass is 9.53. The Hall–Kier alpha value is -4.09. The standard InChI is InChI=1S/C39H46F3N5O8/c1-36-15-12-24-23-9-7-22(48)18-21(23)6-8-25(24)26(36)13-16-38(36,52)14-3-17-43-34(51)27-10-11-30(47-46-27)53-19-37-20-54-35(55-37)31(32(49)33(37)50)45-29-5-2-4-28(44-29)39(40,41)42/h2,4-5,7,9-11,18,24-26,31-33,35,48-50,52H,3,6,8,12-17,19-20H2,1H3,(H,43,51)(H,44,45)/t24-,25-,26+,31-,32-,33-,35+,36+,37+,38+/m1/s1. The summed E-state index contributed by atoms with van der Waals surface area (Å²) in [6.07, 6.45) is -2.00. The van der Waals surface area contributed by atoms with Crippen LogP contribution in [0.1, 0.15) is 85.1 Å². The number of anilines is 1. The third-order valence-electron chi connectivity index (χ3n) is 13.1. The SMILES string of the molecule is C[C@]12CC[C@@H]3c4ccc(O)cc4CC[C@H]3[C@@H]1CC[C@@]2(O)CCCNC(=O)c1ccc(OC[C@@]23CO[C@@H](O2)[C@H](Nc2cccc(C(F)(F)F)n2)[C@@H](O)[C@H]3O)nn1. The predicted octanol–water partition coefficient (Wildman–Crippen LogP) is 4.10. The molecule has 1 amide bonds. The maximum atomic E-state index is 13.1. The number of aromatic hydroxyl groups is 1. The van der Waals surface area contributed by atoms with E-state index >= 15 is 0 Å². The number of carbonyl (C=O) groups excluding carboxylic acids is 1. The van der Waals surface area contributed by atoms with Gasteiger partial charge in [-0.1, -0.05) is 19.1 Å². The summed E-state index contributed by atoms with van der Waals surface area (Å²) in [4.78, 5) is 16.5. The van der Waals surface area contributed by atoms with E-state index in [-0.39, 0.29) is 36.0 Å². The Bertz CT molecular complexity index is 1910. The van der Waals surface area contributed by atoms with Crippen LogP contribution in [0.5, 0.6) is 11.6 Å². The van der Waals surface area contributed by atoms with Crippen LogP contribution in [0.15, 0.2) is 48.5 Å². The lowest BCUT2D eigenvalue weighted by Crippen LogP contribution is -2.64. The number of amides is 1. The minimum Gasteiger partial charge on any atom is -0.508 e. The first-order chi connectivity index (χ1) is 26.2. The zero-order valence-corrected chi connectivity index (χ0v) is 30.3. The summed E-state index contributed by atoms with van der Waals surface area (Å²) in [6.45, 7) is 2.11. The molecular weight excluding hydrogens is 723 g/mol. The maximum absolute atomic E-state index is 13.1. The third-order valence-corrected chi connectivity index (χ3v) is 13.1. The molecule has 13 nitrogen and oxygen atoms in total. The highest BCUT2D eigenvalue weighted by Crippen LogP contribution is 2.65. The number of phenols is 1. The molecule has 2 saturated heterocycles. The van der Waals surface area contributed by atoms with E-state index in [2.05, 4.69) is 38.8 Å². The number of hydrogen-bond acceptors (Lipinski definition) is 12. The Morgan fingerprint density at radius 1 is 1.07 bits per heavy atom. The van der Waals surface area contributed by atoms with Gasteiger partial charge >= 0.3 is 6.18 Å². The fourth-order valence-electron chi connectivity index (χ4n) is 10.2. The second kappa shape index (κ2) is 14.1. The molecule has 296 valence electrons. The van der Waals surface area contributed by atoms with E-state index in [1.54, 1.807) is 6.07 Å². The monoisotopic (exact) mass is 769 g/mol. The van der Waals surface area contributed by atoms with E-state index in [4.69, 9.17) is 14.2 Å². The summed E-state index contributed by atoms with van der Waals surface area (Å²) in [5.74, 6) is 1.13. The molecule has 2 aliphatic heterocycles. The van der Waals surface area contributed by atoms with Gasteiger partial charge in [0, 0.05) is 12.6 Å². The molecule has 2 bridgehead atoms. The summed E-state index contributed by atoms with van der Waals surface area (Å²) >= 11 is 0. The summed E-state index contributed by atoms with van der Waals surface area (Å²) in [5, 5.41) is 57.4. The van der Waals surface area contributed by atoms with Crippen molar-refractivity contribution in [2.24, 2.45) is 17.3 Å². The van der Waals surface area contributed by atoms with Gasteiger partial charge in [0.25, 0.3) is 5.91 Å². The van der Waals surface area contributed by atoms with Gasteiger partial charge in [-0.3, -0.25) is 4.79 Å². The largest absolute Gasteiger partial charge is 0.508 e. The van der Waals surface area contributed by atoms with Crippen molar-refractivity contribution in [3.8, 4) is 11.6 Å². The number of hydrogen-bond donors (Lipinski definition) is 6. The minimum absolute atomic E-state index is 0.0219. The fraction of sp³-hybridized carbons (Fsp3) is 0.590. The highest BCUT2D eigenvalue weighted by Gasteiger charge is 2.62. The molecule has 2 saturated carbocycles. The number of carbonyl (C=O) groups is 1. The molecule has 16 heteroatoms. The first-order valence-corrected chi connectivity index (χ1v) is 18.9. The van der Waals surface area contributed by atoms with Crippen LogP contribution in [0.4, 0.5) is 19.0 Å². The van der Waals surface area contributed by atoms with E-state index in [0.29, 0.717) is 42.9 Å². The maximum Gasteiger partial charge on any atom is 0.433 e. The normalized spacial score (nSPS) is 35.0. The van der Waals surface area contributed by atoms with E-state index < -0.39 is 53.5 Å². The lowest BCUT2D eigenvalue weighted by Gasteiger charge is -2.53. The summed E-state index contributed by atoms with van der Waals surface area (Å²) in [5.41, 5.74) is -0.964. The van der Waals surface area contributed by atoms with E-state index in [1.165, 1.54) is 35.4 Å². The van der Waals surface area contributed by atoms with Gasteiger partial charge in [-0.05, 0) is 116 Å². The molecule has 4 fully saturated rings. The summed E-state index contributed by atoms with van der Waals surface area (Å²) in [6, 6.07) is 10.8. The van der Waals surface area contributed by atoms with Crippen LogP contribution < -0.4 is 15.4 Å². The molecular formula is C39H46F3N5O8. The number of ether oxygens (including phenoxy) is 3. The second-order valence-corrected chi connectivity index (χ2v) is 16.1. The number of fused-ring (bicyclic) bond motifs is 7. The number of phenolic OH excluding ortho intramolecular Hbond substituents is 1. The Morgan fingerprint density at radius 3 is 2.69 bits per heavy atom. The molecule has 0 radical (unpaired) electrons. The first-order valence-electron chi connectivity index (χ1n) is 18.9. The van der Waals surface area contributed by atoms with Gasteiger partial charge in [-0.2, -0.15) is 13.2 Å². The number of nitrogens with zero attached hydrogens (tertiary/aromatic N) is 3. The molecule has 3 aromatic rings. The highest BCUT2D eigenvalue weighted by molar-refractivity contribution is 5.92. The van der Waals surface area contributed by atoms with Crippen molar-refractivity contribution in [3.63, 3.8) is 0 Å². The molecule has 6 N–H and O–H groups in total. The summed E-state index contributed by atoms with van der Waals surface area (Å²) < 4.78 is 56.7. The Balaban J connectivity index is 0.808. The molecule has 0 unspecified atom stereocenters. The van der Waals surface area contributed by atoms with Crippen molar-refractivity contribution in [1.82, 2.24) is 20.5 Å². The van der Waals surface area contributed by atoms with Gasteiger partial charge in [0.15, 0.2) is 17.6 Å². The number of benzene rings is 1. The minimum atomic E-state index is -4.67. The van der Waals surface area contributed by atoms with Crippen LogP contribution in [-0.4, -0.2) is 97.0 Å². The van der Waals surface area contributed by atoms with Crippen molar-refractivity contribution in [3.05, 3.63) is 71.0 Å². The Kier molecular flexibility index (Phi) is 9.72. The van der Waals surface area contributed by atoms with Gasteiger partial charge in [0.05, 0.1) is 12.2 Å². The van der Waals surface area contributed by atoms with Gasteiger partial charge < -0.3 is 45.3 Å². The number of aliphatic hydroxyl groups is 3. The second-order valence-electron chi connectivity index (χ2n) is 16.1. The van der Waals surface area contributed by atoms with Crippen LogP contribution in [0.2, 0.25) is 0 Å². The van der Waals surface area contributed by atoms with Crippen LogP contribution >= 0.6 is 0 Å². The average molecular weight is 770 g/mol. The van der Waals surface area contributed by atoms with Crippen molar-refractivity contribution < 1.29 is 52.6 Å². The lowest BCUT2D eigenvalue weighted by molar-refractivity contribution is -0.222. The number of halogens is 3. The zero-order chi connectivity index (χ0) is 38.8. The Morgan fingerprint density at radius 2 is 1.91 bits per heavy atom. The number of aliphatic hydroxyl groups excluding tert-OH is 2. The highest BCUT2D eigenvalue weighted by atomic mass is 19.4. The number of aryl methyl sites for hydroxylation is 1. The molecule has 55 heavy (non-hydrogen) atoms. The summed E-state index contributed by atoms with van der Waals surface area (Å²) in [7, 11) is 0. The number of aromatic nitrogens is 3. The van der Waals surface area contributed by atoms with Gasteiger partial charge in [0.2, 0.25) is 5.88 Å². The van der Waals surface area contributed by atoms with E-state index in [1.807, 2.05) is 6.07 Å². The molecule has 8 rings (SSSR count). The van der Waals surface area contributed by atoms with Gasteiger partial charge in [-0.15, -0.1) is 10.2 Å². The molecule has 5 aliphatic rings. The molecule has 4 heterocycles. The van der Waals surface area contributed by atoms with Gasteiger partial charge in [0.1, 0.15) is 42.1 Å². The zero-order valence-electron chi connectivity index (χ0n) is 30.3. The molecule has 3 aliphatic carbocycles. The third kappa shape index (κ3) is 6.79. The number of rotatable bonds is 10. The van der Waals surface area contributed by atoms with Crippen LogP contribution in [0, 0.1) is 17.3 Å². The van der Waals surface area contributed by atoms with Crippen molar-refractivity contribution in [1.29, 1.82) is 0 Å². The Labute approximate surface area is 315 Å². The van der Waals surface area contributed by atoms with Crippen LogP contribution in [-0.2, 0) is 22.1 Å². The molecule has 0 spiro atoms. The smallest absolute Gasteiger partial charge is 0.433 e. The number of nitrogens with one attached hydrogen (secondary N) is 2. The van der Waals surface area contributed by atoms with Gasteiger partial charge in [-0.25, -0.2) is 4.98 Å². The van der Waals surface area contributed by atoms with E-state index in [9.17, 15) is 38.4 Å². The fourth-order valence-corrected chi connectivity index (χ4v) is 10.2. The van der Waals surface area contributed by atoms with Crippen molar-refractivity contribution >= 4 is 11.7 Å². The van der Waals surface area contributed by atoms with Crippen molar-refractivity contribution in [2.75, 3.05) is 25.1 Å².